The second-order valence-corrected chi connectivity index (χ2v) is 9.33. The molecule has 2 fully saturated rings. The van der Waals surface area contributed by atoms with Gasteiger partial charge < -0.3 is 24.1 Å². The van der Waals surface area contributed by atoms with Crippen molar-refractivity contribution in [1.82, 2.24) is 19.8 Å². The molecule has 6 rings (SSSR count). The van der Waals surface area contributed by atoms with Crippen molar-refractivity contribution >= 4 is 28.7 Å². The van der Waals surface area contributed by atoms with E-state index in [0.717, 1.165) is 56.8 Å². The summed E-state index contributed by atoms with van der Waals surface area (Å²) in [4.78, 5) is 29.9. The number of benzene rings is 2. The second-order valence-electron chi connectivity index (χ2n) is 9.33. The Morgan fingerprint density at radius 3 is 2.74 bits per heavy atom. The lowest BCUT2D eigenvalue weighted by Gasteiger charge is -2.28. The van der Waals surface area contributed by atoms with E-state index in [9.17, 15) is 4.79 Å². The molecular formula is C28H30N6O4. The lowest BCUT2D eigenvalue weighted by molar-refractivity contribution is -0.186. The number of morpholine rings is 1. The Hall–Kier alpha value is -3.99. The van der Waals surface area contributed by atoms with Crippen molar-refractivity contribution < 1.29 is 19.1 Å². The van der Waals surface area contributed by atoms with Crippen molar-refractivity contribution in [3.05, 3.63) is 72.7 Å². The minimum Gasteiger partial charge on any atom is -0.378 e. The first-order chi connectivity index (χ1) is 18.7. The molecule has 0 saturated carbocycles. The predicted molar refractivity (Wildman–Crippen MR) is 143 cm³/mol. The smallest absolute Gasteiger partial charge is 0.274 e. The van der Waals surface area contributed by atoms with Crippen LogP contribution in [0, 0.1) is 0 Å². The summed E-state index contributed by atoms with van der Waals surface area (Å²) in [6.45, 7) is 3.93. The zero-order valence-electron chi connectivity index (χ0n) is 21.0. The fourth-order valence-electron chi connectivity index (χ4n) is 4.67. The molecular weight excluding hydrogens is 484 g/mol. The number of nitrogens with one attached hydrogen (secondary N) is 2. The molecule has 196 valence electrons. The van der Waals surface area contributed by atoms with Gasteiger partial charge in [-0.3, -0.25) is 4.79 Å². The Morgan fingerprint density at radius 2 is 1.92 bits per heavy atom. The first-order valence-corrected chi connectivity index (χ1v) is 12.9. The third-order valence-electron chi connectivity index (χ3n) is 6.72. The number of fused-ring (bicyclic) bond motifs is 1. The summed E-state index contributed by atoms with van der Waals surface area (Å²) < 4.78 is 12.9. The highest BCUT2D eigenvalue weighted by atomic mass is 16.8. The molecule has 2 aliphatic heterocycles. The molecule has 1 atom stereocenters. The summed E-state index contributed by atoms with van der Waals surface area (Å²) >= 11 is 0. The number of hydroxylamine groups is 1. The van der Waals surface area contributed by atoms with E-state index in [1.807, 2.05) is 41.1 Å². The fraction of sp³-hybridized carbons (Fsp3) is 0.321. The van der Waals surface area contributed by atoms with Crippen LogP contribution in [-0.4, -0.2) is 59.5 Å². The summed E-state index contributed by atoms with van der Waals surface area (Å²) in [5.41, 5.74) is 7.28. The van der Waals surface area contributed by atoms with Crippen LogP contribution in [0.4, 0.5) is 17.2 Å². The Balaban J connectivity index is 1.21. The summed E-state index contributed by atoms with van der Waals surface area (Å²) in [5.74, 6) is 0.294. The number of hydrogen-bond acceptors (Lipinski definition) is 8. The van der Waals surface area contributed by atoms with Crippen molar-refractivity contribution in [1.29, 1.82) is 0 Å². The lowest BCUT2D eigenvalue weighted by atomic mass is 10.1. The van der Waals surface area contributed by atoms with E-state index < -0.39 is 6.29 Å². The summed E-state index contributed by atoms with van der Waals surface area (Å²) in [7, 11) is 0. The molecule has 4 aromatic rings. The molecule has 1 amide bonds. The molecule has 2 N–H and O–H groups in total. The number of imidazole rings is 1. The van der Waals surface area contributed by atoms with Crippen LogP contribution in [0.3, 0.4) is 0 Å². The number of anilines is 3. The highest BCUT2D eigenvalue weighted by Crippen LogP contribution is 2.27. The largest absolute Gasteiger partial charge is 0.378 e. The van der Waals surface area contributed by atoms with E-state index in [4.69, 9.17) is 19.3 Å². The minimum atomic E-state index is -0.405. The van der Waals surface area contributed by atoms with Gasteiger partial charge in [0.25, 0.3) is 5.91 Å². The van der Waals surface area contributed by atoms with E-state index >= 15 is 0 Å². The standard InChI is InChI=1S/C28H30N6O4/c35-28(32-38-25-6-1-2-15-37-25)21-5-3-4-20(18-21)24-19-34-12-11-29-27(34)26(31-24)30-22-7-9-23(10-8-22)33-13-16-36-17-14-33/h3-5,7-12,18-19,25H,1-2,6,13-17H2,(H,30,31)(H,32,35). The van der Waals surface area contributed by atoms with Crippen LogP contribution in [0.1, 0.15) is 29.6 Å². The van der Waals surface area contributed by atoms with Gasteiger partial charge in [-0.15, -0.1) is 0 Å². The molecule has 0 spiro atoms. The van der Waals surface area contributed by atoms with E-state index in [1.165, 1.54) is 5.69 Å². The van der Waals surface area contributed by atoms with Crippen molar-refractivity contribution in [2.75, 3.05) is 43.1 Å². The van der Waals surface area contributed by atoms with Crippen LogP contribution in [0.15, 0.2) is 67.1 Å². The van der Waals surface area contributed by atoms with Gasteiger partial charge in [0, 0.05) is 67.2 Å². The zero-order valence-corrected chi connectivity index (χ0v) is 21.0. The zero-order chi connectivity index (χ0) is 25.7. The van der Waals surface area contributed by atoms with Gasteiger partial charge >= 0.3 is 0 Å². The normalized spacial score (nSPS) is 17.9. The van der Waals surface area contributed by atoms with Gasteiger partial charge in [-0.2, -0.15) is 0 Å². The molecule has 0 bridgehead atoms. The number of nitrogens with zero attached hydrogens (tertiary/aromatic N) is 4. The minimum absolute atomic E-state index is 0.330. The molecule has 2 saturated heterocycles. The van der Waals surface area contributed by atoms with Crippen molar-refractivity contribution in [2.45, 2.75) is 25.6 Å². The number of ether oxygens (including phenoxy) is 2. The van der Waals surface area contributed by atoms with Gasteiger partial charge in [0.2, 0.25) is 0 Å². The third kappa shape index (κ3) is 5.47. The van der Waals surface area contributed by atoms with Gasteiger partial charge in [-0.25, -0.2) is 20.3 Å². The average Bonchev–Trinajstić information content (AvgIpc) is 3.47. The Kier molecular flexibility index (Phi) is 7.16. The maximum absolute atomic E-state index is 12.7. The number of aromatic nitrogens is 3. The summed E-state index contributed by atoms with van der Waals surface area (Å²) in [5, 5.41) is 3.42. The van der Waals surface area contributed by atoms with Crippen molar-refractivity contribution in [3.8, 4) is 11.3 Å². The first-order valence-electron chi connectivity index (χ1n) is 12.9. The van der Waals surface area contributed by atoms with Crippen LogP contribution in [0.25, 0.3) is 16.9 Å². The van der Waals surface area contributed by atoms with Gasteiger partial charge in [0.1, 0.15) is 0 Å². The average molecular weight is 515 g/mol. The number of rotatable bonds is 7. The first kappa shape index (κ1) is 24.4. The van der Waals surface area contributed by atoms with E-state index in [1.54, 1.807) is 18.3 Å². The quantitative estimate of drug-likeness (QED) is 0.355. The molecule has 2 aromatic heterocycles. The highest BCUT2D eigenvalue weighted by molar-refractivity contribution is 5.94. The van der Waals surface area contributed by atoms with Crippen LogP contribution in [0.2, 0.25) is 0 Å². The van der Waals surface area contributed by atoms with Crippen LogP contribution in [-0.2, 0) is 14.3 Å². The monoisotopic (exact) mass is 514 g/mol. The van der Waals surface area contributed by atoms with E-state index in [0.29, 0.717) is 29.3 Å². The molecule has 4 heterocycles. The van der Waals surface area contributed by atoms with Crippen molar-refractivity contribution in [2.24, 2.45) is 0 Å². The molecule has 1 unspecified atom stereocenters. The second kappa shape index (κ2) is 11.2. The topological polar surface area (TPSA) is 102 Å². The Bertz CT molecular complexity index is 1390. The lowest BCUT2D eigenvalue weighted by Crippen LogP contribution is -2.36. The number of carbonyl (C=O) groups is 1. The molecule has 2 aromatic carbocycles. The molecule has 38 heavy (non-hydrogen) atoms. The number of amides is 1. The highest BCUT2D eigenvalue weighted by Gasteiger charge is 2.17. The molecule has 10 heteroatoms. The maximum atomic E-state index is 12.7. The maximum Gasteiger partial charge on any atom is 0.274 e. The molecule has 0 aliphatic carbocycles. The van der Waals surface area contributed by atoms with E-state index in [2.05, 4.69) is 32.8 Å². The summed E-state index contributed by atoms with van der Waals surface area (Å²) in [6.07, 6.45) is 7.91. The van der Waals surface area contributed by atoms with Gasteiger partial charge in [0.05, 0.1) is 18.9 Å². The van der Waals surface area contributed by atoms with Crippen LogP contribution in [0.5, 0.6) is 0 Å². The van der Waals surface area contributed by atoms with Gasteiger partial charge in [-0.1, -0.05) is 12.1 Å². The van der Waals surface area contributed by atoms with Gasteiger partial charge in [0.15, 0.2) is 17.8 Å². The Morgan fingerprint density at radius 1 is 1.05 bits per heavy atom. The number of hydrogen-bond donors (Lipinski definition) is 2. The SMILES string of the molecule is O=C(NOC1CCCCO1)c1cccc(-c2cn3ccnc3c(Nc3ccc(N4CCOCC4)cc3)n2)c1. The predicted octanol–water partition coefficient (Wildman–Crippen LogP) is 4.16. The molecule has 0 radical (unpaired) electrons. The number of carbonyl (C=O) groups excluding carboxylic acids is 1. The van der Waals surface area contributed by atoms with E-state index in [-0.39, 0.29) is 5.91 Å². The van der Waals surface area contributed by atoms with Crippen LogP contribution >= 0.6 is 0 Å². The molecule has 2 aliphatic rings. The molecule has 10 nitrogen and oxygen atoms in total. The Labute approximate surface area is 220 Å². The fourth-order valence-corrected chi connectivity index (χ4v) is 4.67. The van der Waals surface area contributed by atoms with Crippen LogP contribution < -0.4 is 15.7 Å². The van der Waals surface area contributed by atoms with Gasteiger partial charge in [-0.05, 0) is 49.2 Å². The van der Waals surface area contributed by atoms with Crippen molar-refractivity contribution in [3.63, 3.8) is 0 Å². The summed E-state index contributed by atoms with van der Waals surface area (Å²) in [6, 6.07) is 15.6. The third-order valence-corrected chi connectivity index (χ3v) is 6.72.